The van der Waals surface area contributed by atoms with Crippen molar-refractivity contribution < 1.29 is 0 Å². The molecule has 3 heteroatoms. The molecule has 0 radical (unpaired) electrons. The van der Waals surface area contributed by atoms with E-state index in [0.29, 0.717) is 6.54 Å². The predicted molar refractivity (Wildman–Crippen MR) is 63.4 cm³/mol. The highest BCUT2D eigenvalue weighted by Gasteiger charge is 2.07. The molecule has 2 N–H and O–H groups in total. The van der Waals surface area contributed by atoms with Crippen LogP contribution in [0, 0.1) is 5.92 Å². The van der Waals surface area contributed by atoms with E-state index in [0.717, 1.165) is 18.0 Å². The Morgan fingerprint density at radius 2 is 2.27 bits per heavy atom. The van der Waals surface area contributed by atoms with Gasteiger partial charge in [0.15, 0.2) is 0 Å². The van der Waals surface area contributed by atoms with Gasteiger partial charge in [-0.25, -0.2) is 0 Å². The molecule has 1 aromatic rings. The minimum absolute atomic E-state index is 0.589. The first-order chi connectivity index (χ1) is 7.30. The van der Waals surface area contributed by atoms with Gasteiger partial charge in [0.25, 0.3) is 0 Å². The summed E-state index contributed by atoms with van der Waals surface area (Å²) in [6.07, 6.45) is 9.08. The van der Waals surface area contributed by atoms with Gasteiger partial charge in [0.05, 0.1) is 6.20 Å². The summed E-state index contributed by atoms with van der Waals surface area (Å²) in [4.78, 5) is 0. The van der Waals surface area contributed by atoms with E-state index in [4.69, 9.17) is 5.73 Å². The van der Waals surface area contributed by atoms with Crippen molar-refractivity contribution >= 4 is 0 Å². The van der Waals surface area contributed by atoms with Crippen LogP contribution >= 0.6 is 0 Å². The molecule has 3 nitrogen and oxygen atoms in total. The van der Waals surface area contributed by atoms with Gasteiger partial charge >= 0.3 is 0 Å². The lowest BCUT2D eigenvalue weighted by Gasteiger charge is -2.13. The quantitative estimate of drug-likeness (QED) is 0.750. The van der Waals surface area contributed by atoms with Crippen LogP contribution in [0.4, 0.5) is 0 Å². The fraction of sp³-hybridized carbons (Fsp3) is 0.750. The molecule has 86 valence electrons. The van der Waals surface area contributed by atoms with E-state index in [9.17, 15) is 0 Å². The smallest absolute Gasteiger partial charge is 0.0534 e. The molecular weight excluding hydrogens is 186 g/mol. The molecule has 1 unspecified atom stereocenters. The lowest BCUT2D eigenvalue weighted by molar-refractivity contribution is 0.372. The Morgan fingerprint density at radius 1 is 1.47 bits per heavy atom. The van der Waals surface area contributed by atoms with Crippen molar-refractivity contribution in [2.24, 2.45) is 11.7 Å². The molecule has 0 saturated carbocycles. The van der Waals surface area contributed by atoms with E-state index in [2.05, 4.69) is 25.1 Å². The van der Waals surface area contributed by atoms with Crippen LogP contribution < -0.4 is 5.73 Å². The standard InChI is InChI=1S/C12H23N3/c1-3-5-6-11(4-2)9-15-10-12(7-13)8-14-15/h8,10-11H,3-7,9,13H2,1-2H3. The number of unbranched alkanes of at least 4 members (excludes halogenated alkanes) is 1. The van der Waals surface area contributed by atoms with Crippen molar-refractivity contribution in [3.63, 3.8) is 0 Å². The summed E-state index contributed by atoms with van der Waals surface area (Å²) < 4.78 is 2.03. The number of aromatic nitrogens is 2. The first kappa shape index (κ1) is 12.2. The first-order valence-corrected chi connectivity index (χ1v) is 6.01. The summed E-state index contributed by atoms with van der Waals surface area (Å²) in [7, 11) is 0. The molecule has 0 spiro atoms. The van der Waals surface area contributed by atoms with E-state index in [1.54, 1.807) is 0 Å². The molecule has 0 aromatic carbocycles. The molecule has 0 aliphatic carbocycles. The minimum Gasteiger partial charge on any atom is -0.326 e. The van der Waals surface area contributed by atoms with E-state index < -0.39 is 0 Å². The SMILES string of the molecule is CCCCC(CC)Cn1cc(CN)cn1. The van der Waals surface area contributed by atoms with Gasteiger partial charge in [-0.2, -0.15) is 5.10 Å². The maximum atomic E-state index is 5.55. The first-order valence-electron chi connectivity index (χ1n) is 6.01. The van der Waals surface area contributed by atoms with Gasteiger partial charge in [0, 0.05) is 24.8 Å². The Hall–Kier alpha value is -0.830. The molecule has 1 heterocycles. The lowest BCUT2D eigenvalue weighted by Crippen LogP contribution is -2.10. The third-order valence-electron chi connectivity index (χ3n) is 2.91. The molecule has 1 atom stereocenters. The third kappa shape index (κ3) is 4.04. The van der Waals surface area contributed by atoms with E-state index >= 15 is 0 Å². The van der Waals surface area contributed by atoms with Crippen LogP contribution in [0.25, 0.3) is 0 Å². The van der Waals surface area contributed by atoms with Crippen molar-refractivity contribution in [3.05, 3.63) is 18.0 Å². The molecular formula is C12H23N3. The van der Waals surface area contributed by atoms with Crippen LogP contribution in [0.15, 0.2) is 12.4 Å². The topological polar surface area (TPSA) is 43.8 Å². The lowest BCUT2D eigenvalue weighted by atomic mass is 9.99. The zero-order valence-electron chi connectivity index (χ0n) is 9.95. The normalized spacial score (nSPS) is 13.0. The van der Waals surface area contributed by atoms with Crippen molar-refractivity contribution in [1.82, 2.24) is 9.78 Å². The zero-order chi connectivity index (χ0) is 11.1. The van der Waals surface area contributed by atoms with Crippen molar-refractivity contribution in [3.8, 4) is 0 Å². The van der Waals surface area contributed by atoms with Crippen molar-refractivity contribution in [1.29, 1.82) is 0 Å². The average molecular weight is 209 g/mol. The van der Waals surface area contributed by atoms with Crippen LogP contribution in [-0.2, 0) is 13.1 Å². The largest absolute Gasteiger partial charge is 0.326 e. The van der Waals surface area contributed by atoms with E-state index in [1.165, 1.54) is 25.7 Å². The highest BCUT2D eigenvalue weighted by atomic mass is 15.3. The second kappa shape index (κ2) is 6.62. The van der Waals surface area contributed by atoms with Crippen LogP contribution in [0.2, 0.25) is 0 Å². The van der Waals surface area contributed by atoms with Crippen LogP contribution in [0.3, 0.4) is 0 Å². The summed E-state index contributed by atoms with van der Waals surface area (Å²) in [6.45, 7) is 6.13. The second-order valence-electron chi connectivity index (χ2n) is 4.19. The number of nitrogens with zero attached hydrogens (tertiary/aromatic N) is 2. The second-order valence-corrected chi connectivity index (χ2v) is 4.19. The summed E-state index contributed by atoms with van der Waals surface area (Å²) in [6, 6.07) is 0. The maximum Gasteiger partial charge on any atom is 0.0534 e. The van der Waals surface area contributed by atoms with E-state index in [1.807, 2.05) is 10.9 Å². The van der Waals surface area contributed by atoms with Gasteiger partial charge in [0.2, 0.25) is 0 Å². The summed E-state index contributed by atoms with van der Waals surface area (Å²) >= 11 is 0. The van der Waals surface area contributed by atoms with Crippen molar-refractivity contribution in [2.45, 2.75) is 52.6 Å². The number of rotatable bonds is 7. The number of nitrogens with two attached hydrogens (primary N) is 1. The summed E-state index contributed by atoms with van der Waals surface area (Å²) in [5.41, 5.74) is 6.68. The average Bonchev–Trinajstić information content (AvgIpc) is 2.71. The Balaban J connectivity index is 2.43. The maximum absolute atomic E-state index is 5.55. The molecule has 0 aliphatic rings. The van der Waals surface area contributed by atoms with Gasteiger partial charge in [-0.05, 0) is 12.3 Å². The molecule has 0 bridgehead atoms. The van der Waals surface area contributed by atoms with Gasteiger partial charge < -0.3 is 5.73 Å². The Labute approximate surface area is 92.7 Å². The Kier molecular flexibility index (Phi) is 5.40. The Morgan fingerprint density at radius 3 is 2.80 bits per heavy atom. The van der Waals surface area contributed by atoms with Crippen LogP contribution in [-0.4, -0.2) is 9.78 Å². The molecule has 1 rings (SSSR count). The van der Waals surface area contributed by atoms with Gasteiger partial charge in [-0.15, -0.1) is 0 Å². The number of hydrogen-bond acceptors (Lipinski definition) is 2. The monoisotopic (exact) mass is 209 g/mol. The van der Waals surface area contributed by atoms with Crippen LogP contribution in [0.5, 0.6) is 0 Å². The molecule has 0 amide bonds. The molecule has 1 aromatic heterocycles. The van der Waals surface area contributed by atoms with Crippen molar-refractivity contribution in [2.75, 3.05) is 0 Å². The molecule has 0 fully saturated rings. The molecule has 0 aliphatic heterocycles. The third-order valence-corrected chi connectivity index (χ3v) is 2.91. The van der Waals surface area contributed by atoms with E-state index in [-0.39, 0.29) is 0 Å². The highest BCUT2D eigenvalue weighted by molar-refractivity contribution is 5.02. The van der Waals surface area contributed by atoms with Gasteiger partial charge in [0.1, 0.15) is 0 Å². The molecule has 15 heavy (non-hydrogen) atoms. The fourth-order valence-corrected chi connectivity index (χ4v) is 1.79. The summed E-state index contributed by atoms with van der Waals surface area (Å²) in [5.74, 6) is 0.760. The summed E-state index contributed by atoms with van der Waals surface area (Å²) in [5, 5.41) is 4.32. The predicted octanol–water partition coefficient (Wildman–Crippen LogP) is 2.56. The minimum atomic E-state index is 0.589. The zero-order valence-corrected chi connectivity index (χ0v) is 9.95. The van der Waals surface area contributed by atoms with Gasteiger partial charge in [-0.3, -0.25) is 4.68 Å². The number of hydrogen-bond donors (Lipinski definition) is 1. The Bertz CT molecular complexity index is 268. The molecule has 0 saturated heterocycles. The fourth-order valence-electron chi connectivity index (χ4n) is 1.79. The van der Waals surface area contributed by atoms with Crippen LogP contribution in [0.1, 0.15) is 45.1 Å². The highest BCUT2D eigenvalue weighted by Crippen LogP contribution is 2.14. The van der Waals surface area contributed by atoms with Gasteiger partial charge in [-0.1, -0.05) is 33.1 Å².